The van der Waals surface area contributed by atoms with Gasteiger partial charge in [-0.25, -0.2) is 9.13 Å². The first-order valence-corrected chi connectivity index (χ1v) is 39.2. The van der Waals surface area contributed by atoms with Crippen LogP contribution in [0.25, 0.3) is 0 Å². The molecule has 19 heteroatoms. The number of esters is 4. The van der Waals surface area contributed by atoms with Gasteiger partial charge in [0.15, 0.2) is 12.2 Å². The van der Waals surface area contributed by atoms with Gasteiger partial charge in [0, 0.05) is 25.7 Å². The number of rotatable bonds is 67. The lowest BCUT2D eigenvalue weighted by Gasteiger charge is -2.21. The molecular weight excluding hydrogens is 1190 g/mol. The van der Waals surface area contributed by atoms with Crippen LogP contribution in [0.1, 0.15) is 331 Å². The number of carbonyl (C=O) groups is 4. The number of unbranched alkanes of at least 4 members (excludes halogenated alkanes) is 32. The molecule has 0 spiro atoms. The smallest absolute Gasteiger partial charge is 0.462 e. The molecule has 3 N–H and O–H groups in total. The van der Waals surface area contributed by atoms with Gasteiger partial charge in [-0.05, 0) is 69.1 Å². The highest BCUT2D eigenvalue weighted by atomic mass is 31.2. The summed E-state index contributed by atoms with van der Waals surface area (Å²) < 4.78 is 68.2. The summed E-state index contributed by atoms with van der Waals surface area (Å²) in [5.74, 6) is -0.0200. The van der Waals surface area contributed by atoms with Crippen molar-refractivity contribution in [3.05, 3.63) is 24.3 Å². The number of ether oxygens (including phenoxy) is 4. The van der Waals surface area contributed by atoms with Crippen molar-refractivity contribution < 1.29 is 80.2 Å². The third-order valence-corrected chi connectivity index (χ3v) is 17.7. The van der Waals surface area contributed by atoms with E-state index in [2.05, 4.69) is 72.8 Å². The molecule has 0 aromatic heterocycles. The minimum absolute atomic E-state index is 0.0845. The zero-order valence-electron chi connectivity index (χ0n) is 58.1. The van der Waals surface area contributed by atoms with E-state index in [0.29, 0.717) is 37.5 Å². The van der Waals surface area contributed by atoms with Crippen LogP contribution in [0.4, 0.5) is 0 Å². The number of hydrogen-bond acceptors (Lipinski definition) is 15. The third kappa shape index (κ3) is 64.3. The van der Waals surface area contributed by atoms with Crippen LogP contribution in [-0.2, 0) is 65.4 Å². The van der Waals surface area contributed by atoms with Gasteiger partial charge in [-0.2, -0.15) is 0 Å². The molecule has 0 aromatic rings. The second-order valence-corrected chi connectivity index (χ2v) is 29.3. The summed E-state index contributed by atoms with van der Waals surface area (Å²) in [6.07, 6.45) is 48.4. The number of aliphatic hydroxyl groups excluding tert-OH is 1. The molecule has 17 nitrogen and oxygen atoms in total. The zero-order valence-corrected chi connectivity index (χ0v) is 59.9. The molecule has 0 saturated heterocycles. The number of carbonyl (C=O) groups excluding carboxylic acids is 4. The van der Waals surface area contributed by atoms with Crippen molar-refractivity contribution in [1.29, 1.82) is 0 Å². The van der Waals surface area contributed by atoms with Crippen molar-refractivity contribution in [3.8, 4) is 0 Å². The van der Waals surface area contributed by atoms with Gasteiger partial charge in [0.2, 0.25) is 0 Å². The minimum atomic E-state index is -4.96. The van der Waals surface area contributed by atoms with Crippen LogP contribution < -0.4 is 0 Å². The Bertz CT molecular complexity index is 1860. The first-order valence-electron chi connectivity index (χ1n) is 36.2. The summed E-state index contributed by atoms with van der Waals surface area (Å²) in [5.41, 5.74) is 0. The maximum absolute atomic E-state index is 13.0. The maximum atomic E-state index is 13.0. The Morgan fingerprint density at radius 3 is 0.900 bits per heavy atom. The SMILES string of the molecule is CCCCCC/C=C\C=C/CCCCCCCC(=O)O[C@H](COC(=O)CCCCCCCCCCCCCCCCC(C)C)COP(=O)(O)OC[C@@H](O)COP(=O)(O)OC[C@@H](COC(=O)CCCCCCCCC(C)C)OC(=O)CCCCCCCCC(C)C. The summed E-state index contributed by atoms with van der Waals surface area (Å²) in [5, 5.41) is 10.6. The van der Waals surface area contributed by atoms with Crippen molar-refractivity contribution in [1.82, 2.24) is 0 Å². The molecule has 0 aromatic carbocycles. The van der Waals surface area contributed by atoms with Crippen LogP contribution >= 0.6 is 15.6 Å². The molecule has 90 heavy (non-hydrogen) atoms. The van der Waals surface area contributed by atoms with Crippen LogP contribution in [-0.4, -0.2) is 96.7 Å². The first kappa shape index (κ1) is 87.5. The fourth-order valence-electron chi connectivity index (χ4n) is 10.2. The fourth-order valence-corrected chi connectivity index (χ4v) is 11.8. The average Bonchev–Trinajstić information content (AvgIpc) is 3.71. The maximum Gasteiger partial charge on any atom is 0.472 e. The van der Waals surface area contributed by atoms with E-state index in [1.54, 1.807) is 0 Å². The molecule has 0 rings (SSSR count). The number of aliphatic hydroxyl groups is 1. The van der Waals surface area contributed by atoms with E-state index in [9.17, 15) is 43.2 Å². The summed E-state index contributed by atoms with van der Waals surface area (Å²) in [6.45, 7) is 11.6. The molecule has 530 valence electrons. The third-order valence-electron chi connectivity index (χ3n) is 15.8. The molecule has 0 aliphatic heterocycles. The number of hydrogen-bond donors (Lipinski definition) is 3. The van der Waals surface area contributed by atoms with E-state index >= 15 is 0 Å². The van der Waals surface area contributed by atoms with E-state index in [4.69, 9.17) is 37.0 Å². The summed E-state index contributed by atoms with van der Waals surface area (Å²) in [6, 6.07) is 0. The first-order chi connectivity index (χ1) is 43.2. The molecule has 0 aliphatic carbocycles. The average molecular weight is 1320 g/mol. The molecule has 0 radical (unpaired) electrons. The van der Waals surface area contributed by atoms with Crippen molar-refractivity contribution in [3.63, 3.8) is 0 Å². The molecule has 0 heterocycles. The topological polar surface area (TPSA) is 237 Å². The lowest BCUT2D eigenvalue weighted by Crippen LogP contribution is -2.30. The second kappa shape index (κ2) is 61.4. The predicted molar refractivity (Wildman–Crippen MR) is 363 cm³/mol. The van der Waals surface area contributed by atoms with Gasteiger partial charge in [-0.3, -0.25) is 37.3 Å². The molecule has 0 saturated carbocycles. The van der Waals surface area contributed by atoms with Crippen molar-refractivity contribution >= 4 is 39.5 Å². The van der Waals surface area contributed by atoms with E-state index < -0.39 is 97.5 Å². The van der Waals surface area contributed by atoms with E-state index in [1.165, 1.54) is 122 Å². The van der Waals surface area contributed by atoms with Crippen LogP contribution in [0, 0.1) is 17.8 Å². The lowest BCUT2D eigenvalue weighted by atomic mass is 10.0. The van der Waals surface area contributed by atoms with Crippen molar-refractivity contribution in [2.75, 3.05) is 39.6 Å². The molecule has 0 fully saturated rings. The molecule has 0 aliphatic rings. The van der Waals surface area contributed by atoms with E-state index in [1.807, 2.05) is 0 Å². The fraction of sp³-hybridized carbons (Fsp3) is 0.887. The molecule has 2 unspecified atom stereocenters. The number of phosphoric acid groups is 2. The lowest BCUT2D eigenvalue weighted by molar-refractivity contribution is -0.161. The standard InChI is InChI=1S/C71H134O17P2/c1-8-9-10-11-12-13-14-15-16-21-24-27-30-40-47-54-70(75)87-66(58-81-68(73)52-45-38-29-26-23-20-18-17-19-22-25-28-35-42-49-62(2)3)60-85-89(77,78)83-56-65(72)57-84-90(79,80)86-61-67(88-71(76)55-48-41-34-32-37-44-51-64(6)7)59-82-69(74)53-46-39-33-31-36-43-50-63(4)5/h13-16,62-67,72H,8-12,17-61H2,1-7H3,(H,77,78)(H,79,80)/b14-13-,16-15-/t65-,66-,67-/m1/s1. The van der Waals surface area contributed by atoms with E-state index in [-0.39, 0.29) is 25.7 Å². The Morgan fingerprint density at radius 2 is 0.600 bits per heavy atom. The number of allylic oxidation sites excluding steroid dienone is 4. The highest BCUT2D eigenvalue weighted by molar-refractivity contribution is 7.47. The second-order valence-electron chi connectivity index (χ2n) is 26.4. The largest absolute Gasteiger partial charge is 0.472 e. The summed E-state index contributed by atoms with van der Waals surface area (Å²) >= 11 is 0. The van der Waals surface area contributed by atoms with E-state index in [0.717, 1.165) is 115 Å². The number of phosphoric ester groups is 2. The normalized spacial score (nSPS) is 14.4. The van der Waals surface area contributed by atoms with Crippen LogP contribution in [0.2, 0.25) is 0 Å². The van der Waals surface area contributed by atoms with Crippen LogP contribution in [0.5, 0.6) is 0 Å². The minimum Gasteiger partial charge on any atom is -0.462 e. The Kier molecular flexibility index (Phi) is 59.7. The van der Waals surface area contributed by atoms with Gasteiger partial charge in [-0.1, -0.05) is 278 Å². The Hall–Kier alpha value is -2.46. The van der Waals surface area contributed by atoms with Crippen LogP contribution in [0.15, 0.2) is 24.3 Å². The van der Waals surface area contributed by atoms with Crippen LogP contribution in [0.3, 0.4) is 0 Å². The molecule has 5 atom stereocenters. The Labute approximate surface area is 548 Å². The Morgan fingerprint density at radius 1 is 0.344 bits per heavy atom. The van der Waals surface area contributed by atoms with Gasteiger partial charge in [0.05, 0.1) is 26.4 Å². The van der Waals surface area contributed by atoms with Crippen molar-refractivity contribution in [2.24, 2.45) is 17.8 Å². The van der Waals surface area contributed by atoms with Gasteiger partial charge >= 0.3 is 39.5 Å². The van der Waals surface area contributed by atoms with Gasteiger partial charge in [0.25, 0.3) is 0 Å². The highest BCUT2D eigenvalue weighted by Crippen LogP contribution is 2.45. The summed E-state index contributed by atoms with van der Waals surface area (Å²) in [7, 11) is -9.91. The molecule has 0 bridgehead atoms. The summed E-state index contributed by atoms with van der Waals surface area (Å²) in [4.78, 5) is 72.4. The van der Waals surface area contributed by atoms with Gasteiger partial charge in [-0.15, -0.1) is 0 Å². The van der Waals surface area contributed by atoms with Gasteiger partial charge < -0.3 is 33.8 Å². The predicted octanol–water partition coefficient (Wildman–Crippen LogP) is 19.8. The molecule has 0 amide bonds. The van der Waals surface area contributed by atoms with Gasteiger partial charge in [0.1, 0.15) is 19.3 Å². The quantitative estimate of drug-likeness (QED) is 0.0169. The van der Waals surface area contributed by atoms with Crippen molar-refractivity contribution in [2.45, 2.75) is 349 Å². The monoisotopic (exact) mass is 1320 g/mol. The highest BCUT2D eigenvalue weighted by Gasteiger charge is 2.30. The molecular formula is C71H134O17P2. The Balaban J connectivity index is 5.25. The zero-order chi connectivity index (χ0) is 66.6.